The molecule has 0 aliphatic rings. The van der Waals surface area contributed by atoms with Crippen molar-refractivity contribution in [2.45, 2.75) is 45.6 Å². The second-order valence-electron chi connectivity index (χ2n) is 5.71. The van der Waals surface area contributed by atoms with Gasteiger partial charge < -0.3 is 10.6 Å². The SMILES string of the molecule is CCCNC(=O)NC(C)(C)c1cccc(C(C)CS)c1. The summed E-state index contributed by atoms with van der Waals surface area (Å²) < 4.78 is 0. The summed E-state index contributed by atoms with van der Waals surface area (Å²) in [6.07, 6.45) is 0.933. The smallest absolute Gasteiger partial charge is 0.315 e. The summed E-state index contributed by atoms with van der Waals surface area (Å²) >= 11 is 4.35. The molecule has 20 heavy (non-hydrogen) atoms. The maximum atomic E-state index is 11.8. The van der Waals surface area contributed by atoms with Crippen molar-refractivity contribution in [2.24, 2.45) is 0 Å². The standard InChI is InChI=1S/C16H26N2OS/c1-5-9-17-15(19)18-16(3,4)14-8-6-7-13(10-14)12(2)11-20/h6-8,10,12,20H,5,9,11H2,1-4H3,(H2,17,18,19). The number of urea groups is 1. The van der Waals surface area contributed by atoms with E-state index in [2.05, 4.69) is 48.4 Å². The lowest BCUT2D eigenvalue weighted by molar-refractivity contribution is 0.230. The zero-order chi connectivity index (χ0) is 15.2. The summed E-state index contributed by atoms with van der Waals surface area (Å²) in [7, 11) is 0. The van der Waals surface area contributed by atoms with E-state index in [-0.39, 0.29) is 6.03 Å². The Labute approximate surface area is 127 Å². The van der Waals surface area contributed by atoms with Crippen molar-refractivity contribution in [2.75, 3.05) is 12.3 Å². The lowest BCUT2D eigenvalue weighted by atomic mass is 9.90. The molecule has 0 aliphatic heterocycles. The predicted molar refractivity (Wildman–Crippen MR) is 88.6 cm³/mol. The Morgan fingerprint density at radius 1 is 1.40 bits per heavy atom. The van der Waals surface area contributed by atoms with Gasteiger partial charge in [0, 0.05) is 6.54 Å². The van der Waals surface area contributed by atoms with Gasteiger partial charge in [-0.1, -0.05) is 38.1 Å². The minimum atomic E-state index is -0.399. The second-order valence-corrected chi connectivity index (χ2v) is 6.08. The van der Waals surface area contributed by atoms with Gasteiger partial charge in [-0.05, 0) is 43.1 Å². The molecule has 0 spiro atoms. The topological polar surface area (TPSA) is 41.1 Å². The Morgan fingerprint density at radius 3 is 2.70 bits per heavy atom. The number of carbonyl (C=O) groups excluding carboxylic acids is 1. The molecule has 0 aliphatic carbocycles. The summed E-state index contributed by atoms with van der Waals surface area (Å²) in [5.41, 5.74) is 1.96. The van der Waals surface area contributed by atoms with Crippen LogP contribution in [0.4, 0.5) is 4.79 Å². The average molecular weight is 294 g/mol. The Hall–Kier alpha value is -1.16. The molecule has 0 radical (unpaired) electrons. The predicted octanol–water partition coefficient (Wildman–Crippen LogP) is 3.66. The van der Waals surface area contributed by atoms with Crippen molar-refractivity contribution >= 4 is 18.7 Å². The summed E-state index contributed by atoms with van der Waals surface area (Å²) in [5, 5.41) is 5.87. The Morgan fingerprint density at radius 2 is 2.10 bits per heavy atom. The van der Waals surface area contributed by atoms with Gasteiger partial charge in [0.1, 0.15) is 0 Å². The van der Waals surface area contributed by atoms with Gasteiger partial charge in [-0.2, -0.15) is 12.6 Å². The van der Waals surface area contributed by atoms with Crippen LogP contribution in [0, 0.1) is 0 Å². The van der Waals surface area contributed by atoms with Crippen molar-refractivity contribution < 1.29 is 4.79 Å². The normalized spacial score (nSPS) is 12.8. The number of carbonyl (C=O) groups is 1. The molecule has 0 aromatic heterocycles. The quantitative estimate of drug-likeness (QED) is 0.689. The number of hydrogen-bond acceptors (Lipinski definition) is 2. The molecule has 1 unspecified atom stereocenters. The monoisotopic (exact) mass is 294 g/mol. The molecule has 4 heteroatoms. The van der Waals surface area contributed by atoms with Gasteiger partial charge in [0.2, 0.25) is 0 Å². The van der Waals surface area contributed by atoms with Gasteiger partial charge in [0.25, 0.3) is 0 Å². The van der Waals surface area contributed by atoms with Crippen LogP contribution < -0.4 is 10.6 Å². The van der Waals surface area contributed by atoms with Crippen LogP contribution in [0.15, 0.2) is 24.3 Å². The van der Waals surface area contributed by atoms with Crippen LogP contribution in [-0.4, -0.2) is 18.3 Å². The molecule has 0 bridgehead atoms. The second kappa shape index (κ2) is 7.58. The van der Waals surface area contributed by atoms with E-state index in [9.17, 15) is 4.79 Å². The van der Waals surface area contributed by atoms with Crippen molar-refractivity contribution in [3.8, 4) is 0 Å². The van der Waals surface area contributed by atoms with Crippen LogP contribution >= 0.6 is 12.6 Å². The van der Waals surface area contributed by atoms with Crippen molar-refractivity contribution in [3.63, 3.8) is 0 Å². The molecule has 1 aromatic rings. The molecule has 1 aromatic carbocycles. The number of thiol groups is 1. The molecule has 0 saturated heterocycles. The molecule has 1 atom stereocenters. The van der Waals surface area contributed by atoms with Crippen molar-refractivity contribution in [1.29, 1.82) is 0 Å². The number of hydrogen-bond donors (Lipinski definition) is 3. The third-order valence-corrected chi connectivity index (χ3v) is 3.96. The summed E-state index contributed by atoms with van der Waals surface area (Å²) in [5.74, 6) is 1.22. The number of nitrogens with one attached hydrogen (secondary N) is 2. The molecule has 2 N–H and O–H groups in total. The lowest BCUT2D eigenvalue weighted by Crippen LogP contribution is -2.46. The van der Waals surface area contributed by atoms with Gasteiger partial charge in [0.05, 0.1) is 5.54 Å². The van der Waals surface area contributed by atoms with E-state index in [1.165, 1.54) is 5.56 Å². The minimum absolute atomic E-state index is 0.121. The Balaban J connectivity index is 2.83. The molecule has 0 heterocycles. The van der Waals surface area contributed by atoms with E-state index in [1.807, 2.05) is 26.8 Å². The van der Waals surface area contributed by atoms with E-state index in [0.29, 0.717) is 12.5 Å². The fraction of sp³-hybridized carbons (Fsp3) is 0.562. The third kappa shape index (κ3) is 4.75. The molecular formula is C16H26N2OS. The van der Waals surface area contributed by atoms with Crippen LogP contribution in [0.5, 0.6) is 0 Å². The maximum absolute atomic E-state index is 11.8. The van der Waals surface area contributed by atoms with E-state index < -0.39 is 5.54 Å². The van der Waals surface area contributed by atoms with E-state index in [0.717, 1.165) is 17.7 Å². The highest BCUT2D eigenvalue weighted by Crippen LogP contribution is 2.24. The van der Waals surface area contributed by atoms with Crippen LogP contribution in [0.25, 0.3) is 0 Å². The van der Waals surface area contributed by atoms with Crippen LogP contribution in [0.3, 0.4) is 0 Å². The summed E-state index contributed by atoms with van der Waals surface area (Å²) in [4.78, 5) is 11.8. The first-order chi connectivity index (χ1) is 9.40. The van der Waals surface area contributed by atoms with Gasteiger partial charge >= 0.3 is 6.03 Å². The highest BCUT2D eigenvalue weighted by Gasteiger charge is 2.23. The summed E-state index contributed by atoms with van der Waals surface area (Å²) in [6.45, 7) is 8.92. The Bertz CT molecular complexity index is 446. The highest BCUT2D eigenvalue weighted by atomic mass is 32.1. The van der Waals surface area contributed by atoms with Crippen molar-refractivity contribution in [3.05, 3.63) is 35.4 Å². The lowest BCUT2D eigenvalue weighted by Gasteiger charge is -2.28. The third-order valence-electron chi connectivity index (χ3n) is 3.41. The molecule has 0 fully saturated rings. The first-order valence-electron chi connectivity index (χ1n) is 7.18. The maximum Gasteiger partial charge on any atom is 0.315 e. The first kappa shape index (κ1) is 16.9. The van der Waals surface area contributed by atoms with Crippen LogP contribution in [-0.2, 0) is 5.54 Å². The number of amides is 2. The Kier molecular flexibility index (Phi) is 6.40. The largest absolute Gasteiger partial charge is 0.338 e. The molecule has 3 nitrogen and oxygen atoms in total. The average Bonchev–Trinajstić information content (AvgIpc) is 2.44. The van der Waals surface area contributed by atoms with Gasteiger partial charge in [-0.25, -0.2) is 4.79 Å². The van der Waals surface area contributed by atoms with Gasteiger partial charge in [0.15, 0.2) is 0 Å². The zero-order valence-corrected chi connectivity index (χ0v) is 13.8. The molecule has 112 valence electrons. The number of rotatable bonds is 6. The van der Waals surface area contributed by atoms with Gasteiger partial charge in [-0.15, -0.1) is 0 Å². The van der Waals surface area contributed by atoms with Crippen LogP contribution in [0.2, 0.25) is 0 Å². The van der Waals surface area contributed by atoms with Gasteiger partial charge in [-0.3, -0.25) is 0 Å². The summed E-state index contributed by atoms with van der Waals surface area (Å²) in [6, 6.07) is 8.23. The number of benzene rings is 1. The molecule has 2 amide bonds. The minimum Gasteiger partial charge on any atom is -0.338 e. The molecule has 0 saturated carbocycles. The fourth-order valence-corrected chi connectivity index (χ4v) is 2.19. The highest BCUT2D eigenvalue weighted by molar-refractivity contribution is 7.80. The fourth-order valence-electron chi connectivity index (χ4n) is 1.98. The zero-order valence-electron chi connectivity index (χ0n) is 12.9. The molecular weight excluding hydrogens is 268 g/mol. The van der Waals surface area contributed by atoms with Crippen molar-refractivity contribution in [1.82, 2.24) is 10.6 Å². The van der Waals surface area contributed by atoms with E-state index in [4.69, 9.17) is 0 Å². The van der Waals surface area contributed by atoms with E-state index in [1.54, 1.807) is 0 Å². The van der Waals surface area contributed by atoms with E-state index >= 15 is 0 Å². The first-order valence-corrected chi connectivity index (χ1v) is 7.81. The van der Waals surface area contributed by atoms with Crippen LogP contribution in [0.1, 0.15) is 51.2 Å². The molecule has 1 rings (SSSR count).